The van der Waals surface area contributed by atoms with E-state index in [0.29, 0.717) is 25.7 Å². The molecule has 0 heterocycles. The Balaban J connectivity index is 1.81. The Morgan fingerprint density at radius 3 is 2.60 bits per heavy atom. The van der Waals surface area contributed by atoms with Gasteiger partial charge in [-0.25, -0.2) is 0 Å². The summed E-state index contributed by atoms with van der Waals surface area (Å²) in [4.78, 5) is 22.9. The summed E-state index contributed by atoms with van der Waals surface area (Å²) in [5, 5.41) is 11.8. The molecule has 4 N–H and O–H groups in total. The van der Waals surface area contributed by atoms with Gasteiger partial charge in [-0.1, -0.05) is 30.3 Å². The van der Waals surface area contributed by atoms with E-state index in [9.17, 15) is 9.59 Å². The Morgan fingerprint density at radius 2 is 2.00 bits per heavy atom. The molecule has 0 radical (unpaired) electrons. The molecule has 1 aliphatic carbocycles. The molecule has 1 fully saturated rings. The monoisotopic (exact) mass is 276 g/mol. The van der Waals surface area contributed by atoms with Crippen molar-refractivity contribution in [2.45, 2.75) is 37.8 Å². The van der Waals surface area contributed by atoms with Gasteiger partial charge in [0.05, 0.1) is 12.0 Å². The van der Waals surface area contributed by atoms with Crippen LogP contribution in [-0.2, 0) is 16.0 Å². The van der Waals surface area contributed by atoms with Crippen molar-refractivity contribution in [3.8, 4) is 0 Å². The molecule has 1 saturated carbocycles. The molecule has 0 bridgehead atoms. The maximum Gasteiger partial charge on any atom is 0.306 e. The molecule has 0 spiro atoms. The van der Waals surface area contributed by atoms with Crippen LogP contribution in [0.25, 0.3) is 0 Å². The van der Waals surface area contributed by atoms with E-state index in [1.807, 2.05) is 30.3 Å². The number of amides is 1. The van der Waals surface area contributed by atoms with E-state index in [2.05, 4.69) is 5.32 Å². The lowest BCUT2D eigenvalue weighted by molar-refractivity contribution is -0.141. The fourth-order valence-electron chi connectivity index (χ4n) is 2.61. The van der Waals surface area contributed by atoms with Crippen LogP contribution in [0.1, 0.15) is 24.8 Å². The Hall–Kier alpha value is -1.88. The van der Waals surface area contributed by atoms with Gasteiger partial charge in [0.2, 0.25) is 5.91 Å². The zero-order chi connectivity index (χ0) is 14.5. The molecule has 2 rings (SSSR count). The lowest BCUT2D eigenvalue weighted by atomic mass is 10.1. The first kappa shape index (κ1) is 14.5. The number of benzene rings is 1. The van der Waals surface area contributed by atoms with Gasteiger partial charge in [-0.05, 0) is 31.2 Å². The van der Waals surface area contributed by atoms with Gasteiger partial charge in [0.25, 0.3) is 0 Å². The van der Waals surface area contributed by atoms with Crippen molar-refractivity contribution in [1.29, 1.82) is 0 Å². The topological polar surface area (TPSA) is 92.4 Å². The van der Waals surface area contributed by atoms with Crippen LogP contribution in [0.3, 0.4) is 0 Å². The summed E-state index contributed by atoms with van der Waals surface area (Å²) >= 11 is 0. The molecule has 108 valence electrons. The SMILES string of the molecule is N[C@H](Cc1ccccc1)C(=O)NC1CCC(C(=O)O)C1. The van der Waals surface area contributed by atoms with Crippen LogP contribution in [-0.4, -0.2) is 29.1 Å². The summed E-state index contributed by atoms with van der Waals surface area (Å²) in [5.74, 6) is -1.33. The highest BCUT2D eigenvalue weighted by atomic mass is 16.4. The van der Waals surface area contributed by atoms with Crippen LogP contribution in [0.2, 0.25) is 0 Å². The van der Waals surface area contributed by atoms with Crippen LogP contribution in [0, 0.1) is 5.92 Å². The highest BCUT2D eigenvalue weighted by molar-refractivity contribution is 5.82. The van der Waals surface area contributed by atoms with Gasteiger partial charge in [0, 0.05) is 6.04 Å². The van der Waals surface area contributed by atoms with Crippen LogP contribution >= 0.6 is 0 Å². The minimum atomic E-state index is -0.782. The summed E-state index contributed by atoms with van der Waals surface area (Å²) in [6.45, 7) is 0. The lowest BCUT2D eigenvalue weighted by Crippen LogP contribution is -2.45. The second kappa shape index (κ2) is 6.52. The molecule has 1 aromatic carbocycles. The van der Waals surface area contributed by atoms with Gasteiger partial charge in [-0.15, -0.1) is 0 Å². The highest BCUT2D eigenvalue weighted by Crippen LogP contribution is 2.25. The van der Waals surface area contributed by atoms with E-state index in [1.165, 1.54) is 0 Å². The molecule has 2 unspecified atom stereocenters. The molecule has 0 saturated heterocycles. The average Bonchev–Trinajstić information content (AvgIpc) is 2.88. The number of carbonyl (C=O) groups is 2. The molecule has 1 aliphatic rings. The van der Waals surface area contributed by atoms with Crippen molar-refractivity contribution in [3.63, 3.8) is 0 Å². The third-order valence-corrected chi connectivity index (χ3v) is 3.76. The predicted molar refractivity (Wildman–Crippen MR) is 75.0 cm³/mol. The van der Waals surface area contributed by atoms with Gasteiger partial charge >= 0.3 is 5.97 Å². The number of hydrogen-bond acceptors (Lipinski definition) is 3. The second-order valence-electron chi connectivity index (χ2n) is 5.35. The standard InChI is InChI=1S/C15H20N2O3/c16-13(8-10-4-2-1-3-5-10)14(18)17-12-7-6-11(9-12)15(19)20/h1-5,11-13H,6-9,16H2,(H,17,18)(H,19,20)/t11?,12?,13-/m1/s1. The molecule has 20 heavy (non-hydrogen) atoms. The minimum absolute atomic E-state index is 0.0644. The summed E-state index contributed by atoms with van der Waals surface area (Å²) in [7, 11) is 0. The zero-order valence-electron chi connectivity index (χ0n) is 11.3. The van der Waals surface area contributed by atoms with Gasteiger partial charge in [-0.3, -0.25) is 9.59 Å². The molecule has 5 heteroatoms. The van der Waals surface area contributed by atoms with E-state index >= 15 is 0 Å². The van der Waals surface area contributed by atoms with E-state index in [1.54, 1.807) is 0 Å². The number of rotatable bonds is 5. The smallest absolute Gasteiger partial charge is 0.306 e. The number of carboxylic acid groups (broad SMARTS) is 1. The normalized spacial score (nSPS) is 23.2. The van der Waals surface area contributed by atoms with Gasteiger partial charge in [-0.2, -0.15) is 0 Å². The molecule has 3 atom stereocenters. The van der Waals surface area contributed by atoms with Crippen molar-refractivity contribution in [2.75, 3.05) is 0 Å². The summed E-state index contributed by atoms with van der Waals surface area (Å²) < 4.78 is 0. The number of nitrogens with two attached hydrogens (primary N) is 1. The Labute approximate surface area is 118 Å². The second-order valence-corrected chi connectivity index (χ2v) is 5.35. The summed E-state index contributed by atoms with van der Waals surface area (Å²) in [6, 6.07) is 8.95. The van der Waals surface area contributed by atoms with Gasteiger partial charge in [0.1, 0.15) is 0 Å². The third-order valence-electron chi connectivity index (χ3n) is 3.76. The number of aliphatic carboxylic acids is 1. The fourth-order valence-corrected chi connectivity index (χ4v) is 2.61. The Morgan fingerprint density at radius 1 is 1.30 bits per heavy atom. The molecule has 5 nitrogen and oxygen atoms in total. The van der Waals surface area contributed by atoms with Crippen molar-refractivity contribution >= 4 is 11.9 Å². The van der Waals surface area contributed by atoms with Gasteiger partial charge in [0.15, 0.2) is 0 Å². The van der Waals surface area contributed by atoms with Crippen LogP contribution in [0.4, 0.5) is 0 Å². The quantitative estimate of drug-likeness (QED) is 0.746. The van der Waals surface area contributed by atoms with E-state index in [-0.39, 0.29) is 17.9 Å². The van der Waals surface area contributed by atoms with Crippen LogP contribution in [0.5, 0.6) is 0 Å². The van der Waals surface area contributed by atoms with Crippen molar-refractivity contribution in [3.05, 3.63) is 35.9 Å². The number of nitrogens with one attached hydrogen (secondary N) is 1. The van der Waals surface area contributed by atoms with E-state index in [4.69, 9.17) is 10.8 Å². The zero-order valence-corrected chi connectivity index (χ0v) is 11.3. The fraction of sp³-hybridized carbons (Fsp3) is 0.467. The Bertz CT molecular complexity index is 475. The molecule has 0 aliphatic heterocycles. The van der Waals surface area contributed by atoms with Crippen molar-refractivity contribution < 1.29 is 14.7 Å². The van der Waals surface area contributed by atoms with Gasteiger partial charge < -0.3 is 16.2 Å². The summed E-state index contributed by atoms with van der Waals surface area (Å²) in [6.07, 6.45) is 2.32. The Kier molecular flexibility index (Phi) is 4.74. The number of carboxylic acids is 1. The summed E-state index contributed by atoms with van der Waals surface area (Å²) in [5.41, 5.74) is 6.91. The number of carbonyl (C=O) groups excluding carboxylic acids is 1. The molecular weight excluding hydrogens is 256 g/mol. The first-order valence-corrected chi connectivity index (χ1v) is 6.89. The molecule has 1 aromatic rings. The first-order valence-electron chi connectivity index (χ1n) is 6.89. The lowest BCUT2D eigenvalue weighted by Gasteiger charge is -2.17. The highest BCUT2D eigenvalue weighted by Gasteiger charge is 2.31. The van der Waals surface area contributed by atoms with Crippen molar-refractivity contribution in [2.24, 2.45) is 11.7 Å². The minimum Gasteiger partial charge on any atom is -0.481 e. The van der Waals surface area contributed by atoms with Crippen molar-refractivity contribution in [1.82, 2.24) is 5.32 Å². The largest absolute Gasteiger partial charge is 0.481 e. The van der Waals surface area contributed by atoms with E-state index in [0.717, 1.165) is 5.56 Å². The molecule has 0 aromatic heterocycles. The first-order chi connectivity index (χ1) is 9.56. The third kappa shape index (κ3) is 3.81. The maximum atomic E-state index is 12.0. The van der Waals surface area contributed by atoms with Crippen LogP contribution in [0.15, 0.2) is 30.3 Å². The average molecular weight is 276 g/mol. The number of hydrogen-bond donors (Lipinski definition) is 3. The predicted octanol–water partition coefficient (Wildman–Crippen LogP) is 0.926. The van der Waals surface area contributed by atoms with Crippen LogP contribution < -0.4 is 11.1 Å². The molecular formula is C15H20N2O3. The maximum absolute atomic E-state index is 12.0. The van der Waals surface area contributed by atoms with E-state index < -0.39 is 12.0 Å². The molecule has 1 amide bonds.